The third kappa shape index (κ3) is 6.01. The second-order valence-corrected chi connectivity index (χ2v) is 6.20. The molecule has 1 saturated heterocycles. The molecule has 0 bridgehead atoms. The first-order chi connectivity index (χ1) is 11.9. The highest BCUT2D eigenvalue weighted by Gasteiger charge is 2.31. The molecule has 0 radical (unpaired) electrons. The van der Waals surface area contributed by atoms with Crippen LogP contribution in [0.15, 0.2) is 47.4 Å². The van der Waals surface area contributed by atoms with Gasteiger partial charge in [0.2, 0.25) is 5.43 Å². The largest absolute Gasteiger partial charge is 0.483 e. The molecule has 0 saturated carbocycles. The van der Waals surface area contributed by atoms with Gasteiger partial charge in [-0.25, -0.2) is 0 Å². The Hall–Kier alpha value is -2.15. The molecule has 6 heteroatoms. The highest BCUT2D eigenvalue weighted by Crippen LogP contribution is 2.21. The van der Waals surface area contributed by atoms with Crippen molar-refractivity contribution in [3.05, 3.63) is 64.1 Å². The first kappa shape index (κ1) is 19.2. The molecule has 0 aliphatic carbocycles. The van der Waals surface area contributed by atoms with Crippen molar-refractivity contribution in [2.75, 3.05) is 13.2 Å². The SMILES string of the molecule is CC1(C)OCC(CO)O1.Cc1[nH]ccc(=O)c1OCc1ccccc1. The minimum atomic E-state index is -0.493. The van der Waals surface area contributed by atoms with Crippen molar-refractivity contribution in [1.29, 1.82) is 0 Å². The fraction of sp³-hybridized carbons (Fsp3) is 0.421. The maximum absolute atomic E-state index is 11.5. The Morgan fingerprint density at radius 3 is 2.52 bits per heavy atom. The van der Waals surface area contributed by atoms with E-state index in [-0.39, 0.29) is 18.1 Å². The molecule has 1 atom stereocenters. The van der Waals surface area contributed by atoms with Crippen molar-refractivity contribution in [2.45, 2.75) is 39.3 Å². The summed E-state index contributed by atoms with van der Waals surface area (Å²) in [6.07, 6.45) is 1.49. The molecule has 1 aliphatic heterocycles. The average molecular weight is 347 g/mol. The normalized spacial score (nSPS) is 18.3. The fourth-order valence-corrected chi connectivity index (χ4v) is 2.33. The molecule has 25 heavy (non-hydrogen) atoms. The van der Waals surface area contributed by atoms with Crippen molar-refractivity contribution >= 4 is 0 Å². The summed E-state index contributed by atoms with van der Waals surface area (Å²) in [4.78, 5) is 14.5. The molecular weight excluding hydrogens is 322 g/mol. The summed E-state index contributed by atoms with van der Waals surface area (Å²) in [5, 5.41) is 8.59. The van der Waals surface area contributed by atoms with Crippen molar-refractivity contribution in [2.24, 2.45) is 0 Å². The Morgan fingerprint density at radius 2 is 2.00 bits per heavy atom. The van der Waals surface area contributed by atoms with Crippen LogP contribution < -0.4 is 10.2 Å². The lowest BCUT2D eigenvalue weighted by Crippen LogP contribution is -2.22. The predicted molar refractivity (Wildman–Crippen MR) is 94.6 cm³/mol. The van der Waals surface area contributed by atoms with Crippen molar-refractivity contribution in [3.8, 4) is 5.75 Å². The number of ether oxygens (including phenoxy) is 3. The van der Waals surface area contributed by atoms with E-state index < -0.39 is 5.79 Å². The van der Waals surface area contributed by atoms with E-state index in [0.717, 1.165) is 11.3 Å². The van der Waals surface area contributed by atoms with Crippen LogP contribution in [-0.4, -0.2) is 35.2 Å². The standard InChI is InChI=1S/C13H13NO2.C6H12O3/c1-10-13(12(15)7-8-14-10)16-9-11-5-3-2-4-6-11;1-6(2)8-4-5(3-7)9-6/h2-8H,9H2,1H3,(H,14,15);5,7H,3-4H2,1-2H3. The third-order valence-electron chi connectivity index (χ3n) is 3.60. The third-order valence-corrected chi connectivity index (χ3v) is 3.60. The van der Waals surface area contributed by atoms with Gasteiger partial charge in [-0.1, -0.05) is 30.3 Å². The molecule has 3 rings (SSSR count). The second-order valence-electron chi connectivity index (χ2n) is 6.20. The van der Waals surface area contributed by atoms with Gasteiger partial charge in [0, 0.05) is 12.3 Å². The zero-order valence-corrected chi connectivity index (χ0v) is 14.8. The second kappa shape index (κ2) is 8.80. The Labute approximate surface area is 147 Å². The fourth-order valence-electron chi connectivity index (χ4n) is 2.33. The quantitative estimate of drug-likeness (QED) is 0.888. The van der Waals surface area contributed by atoms with Gasteiger partial charge in [-0.3, -0.25) is 4.79 Å². The van der Waals surface area contributed by atoms with E-state index in [4.69, 9.17) is 19.3 Å². The molecule has 0 amide bonds. The predicted octanol–water partition coefficient (Wildman–Crippen LogP) is 2.39. The summed E-state index contributed by atoms with van der Waals surface area (Å²) in [7, 11) is 0. The average Bonchev–Trinajstić information content (AvgIpc) is 2.95. The number of benzene rings is 1. The van der Waals surface area contributed by atoms with Gasteiger partial charge in [0.15, 0.2) is 11.5 Å². The Morgan fingerprint density at radius 1 is 1.28 bits per heavy atom. The smallest absolute Gasteiger partial charge is 0.223 e. The molecule has 6 nitrogen and oxygen atoms in total. The van der Waals surface area contributed by atoms with E-state index in [2.05, 4.69) is 4.98 Å². The zero-order chi connectivity index (χ0) is 18.3. The Balaban J connectivity index is 0.000000212. The Bertz CT molecular complexity index is 711. The number of hydrogen-bond donors (Lipinski definition) is 2. The summed E-state index contributed by atoms with van der Waals surface area (Å²) in [5.74, 6) is -0.0979. The van der Waals surface area contributed by atoms with Crippen LogP contribution in [0.25, 0.3) is 0 Å². The van der Waals surface area contributed by atoms with E-state index in [1.165, 1.54) is 6.07 Å². The topological polar surface area (TPSA) is 80.8 Å². The van der Waals surface area contributed by atoms with E-state index in [1.807, 2.05) is 51.1 Å². The first-order valence-electron chi connectivity index (χ1n) is 8.19. The number of aliphatic hydroxyl groups is 1. The number of aliphatic hydroxyl groups excluding tert-OH is 1. The molecule has 136 valence electrons. The molecule has 2 N–H and O–H groups in total. The summed E-state index contributed by atoms with van der Waals surface area (Å²) in [5.41, 5.74) is 1.71. The molecular formula is C19H25NO5. The summed E-state index contributed by atoms with van der Waals surface area (Å²) in [6.45, 7) is 6.45. The van der Waals surface area contributed by atoms with Crippen molar-refractivity contribution in [1.82, 2.24) is 4.98 Å². The van der Waals surface area contributed by atoms with Crippen LogP contribution in [0.2, 0.25) is 0 Å². The molecule has 1 fully saturated rings. The maximum atomic E-state index is 11.5. The summed E-state index contributed by atoms with van der Waals surface area (Å²) < 4.78 is 15.9. The maximum Gasteiger partial charge on any atom is 0.223 e. The van der Waals surface area contributed by atoms with E-state index in [0.29, 0.717) is 19.0 Å². The number of H-pyrrole nitrogens is 1. The van der Waals surface area contributed by atoms with Crippen LogP contribution in [0.4, 0.5) is 0 Å². The molecule has 1 aromatic carbocycles. The molecule has 1 aliphatic rings. The Kier molecular flexibility index (Phi) is 6.75. The van der Waals surface area contributed by atoms with Gasteiger partial charge in [-0.05, 0) is 26.3 Å². The highest BCUT2D eigenvalue weighted by atomic mass is 16.7. The number of aryl methyl sites for hydroxylation is 1. The lowest BCUT2D eigenvalue weighted by Gasteiger charge is -2.15. The number of pyridine rings is 1. The summed E-state index contributed by atoms with van der Waals surface area (Å²) in [6, 6.07) is 11.2. The van der Waals surface area contributed by atoms with Crippen LogP contribution in [0.1, 0.15) is 25.1 Å². The van der Waals surface area contributed by atoms with Gasteiger partial charge in [0.05, 0.1) is 18.9 Å². The van der Waals surface area contributed by atoms with Gasteiger partial charge >= 0.3 is 0 Å². The number of rotatable bonds is 4. The van der Waals surface area contributed by atoms with E-state index in [1.54, 1.807) is 6.20 Å². The highest BCUT2D eigenvalue weighted by molar-refractivity contribution is 5.26. The molecule has 1 aromatic heterocycles. The molecule has 2 heterocycles. The van der Waals surface area contributed by atoms with Crippen molar-refractivity contribution in [3.63, 3.8) is 0 Å². The van der Waals surface area contributed by atoms with Gasteiger partial charge in [-0.15, -0.1) is 0 Å². The first-order valence-corrected chi connectivity index (χ1v) is 8.19. The van der Waals surface area contributed by atoms with Gasteiger partial charge in [0.25, 0.3) is 0 Å². The van der Waals surface area contributed by atoms with Gasteiger partial charge < -0.3 is 24.3 Å². The van der Waals surface area contributed by atoms with Crippen LogP contribution in [-0.2, 0) is 16.1 Å². The van der Waals surface area contributed by atoms with Gasteiger partial charge in [0.1, 0.15) is 12.7 Å². The lowest BCUT2D eigenvalue weighted by atomic mass is 10.2. The van der Waals surface area contributed by atoms with E-state index >= 15 is 0 Å². The molecule has 1 unspecified atom stereocenters. The monoisotopic (exact) mass is 347 g/mol. The van der Waals surface area contributed by atoms with Crippen LogP contribution in [0, 0.1) is 6.92 Å². The van der Waals surface area contributed by atoms with Crippen LogP contribution >= 0.6 is 0 Å². The number of hydrogen-bond acceptors (Lipinski definition) is 5. The van der Waals surface area contributed by atoms with Crippen LogP contribution in [0.5, 0.6) is 5.75 Å². The lowest BCUT2D eigenvalue weighted by molar-refractivity contribution is -0.142. The van der Waals surface area contributed by atoms with Crippen LogP contribution in [0.3, 0.4) is 0 Å². The minimum absolute atomic E-state index is 0.0451. The minimum Gasteiger partial charge on any atom is -0.483 e. The molecule has 2 aromatic rings. The molecule has 0 spiro atoms. The number of aromatic nitrogens is 1. The van der Waals surface area contributed by atoms with E-state index in [9.17, 15) is 4.79 Å². The number of aromatic amines is 1. The van der Waals surface area contributed by atoms with Crippen molar-refractivity contribution < 1.29 is 19.3 Å². The summed E-state index contributed by atoms with van der Waals surface area (Å²) >= 11 is 0. The zero-order valence-electron chi connectivity index (χ0n) is 14.8. The number of nitrogens with one attached hydrogen (secondary N) is 1. The van der Waals surface area contributed by atoms with Gasteiger partial charge in [-0.2, -0.15) is 0 Å².